The second kappa shape index (κ2) is 12.8. The topological polar surface area (TPSA) is 162 Å². The van der Waals surface area contributed by atoms with Crippen molar-refractivity contribution < 1.29 is 32.3 Å². The Balaban J connectivity index is 2.90. The number of rotatable bonds is 10. The van der Waals surface area contributed by atoms with E-state index >= 15 is 0 Å². The van der Waals surface area contributed by atoms with Gasteiger partial charge in [-0.25, -0.2) is 23.0 Å². The fraction of sp³-hybridized carbons (Fsp3) is 0.609. The summed E-state index contributed by atoms with van der Waals surface area (Å²) in [6.45, 7) is 10.4. The minimum atomic E-state index is -4.00. The number of hydrogen-bond donors (Lipinski definition) is 3. The van der Waals surface area contributed by atoms with Crippen molar-refractivity contribution in [2.45, 2.75) is 70.9 Å². The van der Waals surface area contributed by atoms with Crippen LogP contribution >= 0.6 is 0 Å². The molecule has 1 atom stereocenters. The number of amides is 2. The summed E-state index contributed by atoms with van der Waals surface area (Å²) in [5.74, 6) is -0.185. The predicted octanol–water partition coefficient (Wildman–Crippen LogP) is 1.91. The molecule has 0 fully saturated rings. The number of carbonyl (C=O) groups excluding carboxylic acids is 2. The van der Waals surface area contributed by atoms with Gasteiger partial charge in [-0.05, 0) is 77.1 Å². The van der Waals surface area contributed by atoms with Crippen molar-refractivity contribution in [1.29, 1.82) is 0 Å². The Bertz CT molecular complexity index is 1080. The summed E-state index contributed by atoms with van der Waals surface area (Å²) < 4.78 is 38.7. The maximum atomic E-state index is 13.0. The van der Waals surface area contributed by atoms with Gasteiger partial charge in [0.15, 0.2) is 0 Å². The zero-order chi connectivity index (χ0) is 27.8. The first-order chi connectivity index (χ1) is 16.5. The van der Waals surface area contributed by atoms with Crippen LogP contribution in [0.4, 0.5) is 4.79 Å². The SMILES string of the molecule is COc1cc(C)c(S(=O)(=O)NC(N)=NCCC[C@H](NC(=O)OC(C)(C)C)C(=O)N(C)OC)c(C)c1C. The molecule has 204 valence electrons. The van der Waals surface area contributed by atoms with Crippen LogP contribution in [0.5, 0.6) is 5.75 Å². The zero-order valence-electron chi connectivity index (χ0n) is 22.5. The number of nitrogens with zero attached hydrogens (tertiary/aromatic N) is 2. The molecule has 0 bridgehead atoms. The van der Waals surface area contributed by atoms with Crippen LogP contribution < -0.4 is 20.5 Å². The second-order valence-corrected chi connectivity index (χ2v) is 10.8. The van der Waals surface area contributed by atoms with Crippen molar-refractivity contribution in [3.63, 3.8) is 0 Å². The first kappa shape index (κ1) is 31.0. The number of nitrogens with one attached hydrogen (secondary N) is 2. The Hall–Kier alpha value is -3.06. The van der Waals surface area contributed by atoms with Gasteiger partial charge in [0.05, 0.1) is 19.1 Å². The van der Waals surface area contributed by atoms with Gasteiger partial charge in [0.2, 0.25) is 5.96 Å². The molecule has 2 amide bonds. The van der Waals surface area contributed by atoms with Gasteiger partial charge < -0.3 is 20.5 Å². The number of aliphatic imine (C=N–C) groups is 1. The summed E-state index contributed by atoms with van der Waals surface area (Å²) in [5.41, 5.74) is 6.86. The number of likely N-dealkylation sites (N-methyl/N-ethyl adjacent to an activating group) is 1. The van der Waals surface area contributed by atoms with Crippen molar-refractivity contribution in [1.82, 2.24) is 15.1 Å². The smallest absolute Gasteiger partial charge is 0.408 e. The van der Waals surface area contributed by atoms with E-state index in [-0.39, 0.29) is 23.8 Å². The Morgan fingerprint density at radius 3 is 2.31 bits per heavy atom. The third-order valence-corrected chi connectivity index (χ3v) is 6.86. The van der Waals surface area contributed by atoms with Gasteiger partial charge in [-0.1, -0.05) is 0 Å². The van der Waals surface area contributed by atoms with Gasteiger partial charge >= 0.3 is 6.09 Å². The monoisotopic (exact) mass is 529 g/mol. The van der Waals surface area contributed by atoms with Crippen molar-refractivity contribution in [3.05, 3.63) is 22.8 Å². The molecule has 4 N–H and O–H groups in total. The number of benzene rings is 1. The lowest BCUT2D eigenvalue weighted by molar-refractivity contribution is -0.171. The molecule has 0 radical (unpaired) electrons. The highest BCUT2D eigenvalue weighted by Gasteiger charge is 2.27. The quantitative estimate of drug-likeness (QED) is 0.179. The van der Waals surface area contributed by atoms with E-state index in [4.69, 9.17) is 20.0 Å². The summed E-state index contributed by atoms with van der Waals surface area (Å²) in [6, 6.07) is 0.710. The molecule has 0 unspecified atom stereocenters. The van der Waals surface area contributed by atoms with E-state index in [1.807, 2.05) is 0 Å². The van der Waals surface area contributed by atoms with Gasteiger partial charge in [0, 0.05) is 13.6 Å². The van der Waals surface area contributed by atoms with E-state index in [1.54, 1.807) is 47.6 Å². The van der Waals surface area contributed by atoms with E-state index < -0.39 is 33.7 Å². The number of aryl methyl sites for hydroxylation is 1. The first-order valence-electron chi connectivity index (χ1n) is 11.3. The molecule has 1 rings (SSSR count). The summed E-state index contributed by atoms with van der Waals surface area (Å²) in [6.07, 6.45) is -0.251. The minimum Gasteiger partial charge on any atom is -0.496 e. The molecular formula is C23H39N5O7S. The molecule has 0 saturated carbocycles. The molecule has 1 aromatic rings. The molecule has 36 heavy (non-hydrogen) atoms. The number of carbonyl (C=O) groups is 2. The Morgan fingerprint density at radius 1 is 1.17 bits per heavy atom. The summed E-state index contributed by atoms with van der Waals surface area (Å²) in [5, 5.41) is 3.52. The highest BCUT2D eigenvalue weighted by Crippen LogP contribution is 2.30. The number of hydroxylamine groups is 2. The van der Waals surface area contributed by atoms with Crippen LogP contribution in [0.25, 0.3) is 0 Å². The molecule has 0 aromatic heterocycles. The first-order valence-corrected chi connectivity index (χ1v) is 12.8. The average Bonchev–Trinajstić information content (AvgIpc) is 2.75. The van der Waals surface area contributed by atoms with Crippen LogP contribution in [0.2, 0.25) is 0 Å². The van der Waals surface area contributed by atoms with Crippen LogP contribution in [0.1, 0.15) is 50.3 Å². The number of methoxy groups -OCH3 is 1. The van der Waals surface area contributed by atoms with E-state index in [9.17, 15) is 18.0 Å². The third kappa shape index (κ3) is 8.86. The van der Waals surface area contributed by atoms with E-state index in [1.165, 1.54) is 21.3 Å². The van der Waals surface area contributed by atoms with Gasteiger partial charge in [0.1, 0.15) is 17.4 Å². The van der Waals surface area contributed by atoms with E-state index in [2.05, 4.69) is 15.0 Å². The molecule has 0 saturated heterocycles. The Kier molecular flexibility index (Phi) is 11.0. The highest BCUT2D eigenvalue weighted by atomic mass is 32.2. The van der Waals surface area contributed by atoms with Crippen LogP contribution in [-0.4, -0.2) is 70.9 Å². The lowest BCUT2D eigenvalue weighted by atomic mass is 10.1. The van der Waals surface area contributed by atoms with E-state index in [0.717, 1.165) is 5.06 Å². The fourth-order valence-corrected chi connectivity index (χ4v) is 4.86. The van der Waals surface area contributed by atoms with Crippen LogP contribution in [0, 0.1) is 20.8 Å². The predicted molar refractivity (Wildman–Crippen MR) is 136 cm³/mol. The summed E-state index contributed by atoms with van der Waals surface area (Å²) in [4.78, 5) is 33.8. The summed E-state index contributed by atoms with van der Waals surface area (Å²) >= 11 is 0. The number of nitrogens with two attached hydrogens (primary N) is 1. The molecular weight excluding hydrogens is 490 g/mol. The van der Waals surface area contributed by atoms with Gasteiger partial charge in [-0.15, -0.1) is 0 Å². The number of sulfonamides is 1. The standard InChI is InChI=1S/C23H39N5O7S/c1-14-13-18(33-8)15(2)16(3)19(14)36(31,32)27-21(24)25-12-10-11-17(20(29)28(7)34-9)26-22(30)35-23(4,5)6/h13,17H,10-12H2,1-9H3,(H,26,30)(H3,24,25,27)/t17-/m0/s1. The lowest BCUT2D eigenvalue weighted by Crippen LogP contribution is -2.48. The minimum absolute atomic E-state index is 0.102. The Morgan fingerprint density at radius 2 is 1.78 bits per heavy atom. The molecule has 0 heterocycles. The van der Waals surface area contributed by atoms with Crippen LogP contribution in [0.15, 0.2) is 16.0 Å². The number of guanidine groups is 1. The molecule has 0 spiro atoms. The number of hydrogen-bond acceptors (Lipinski definition) is 8. The highest BCUT2D eigenvalue weighted by molar-refractivity contribution is 7.90. The summed E-state index contributed by atoms with van der Waals surface area (Å²) in [7, 11) is 0.270. The van der Waals surface area contributed by atoms with Crippen molar-refractivity contribution in [2.75, 3.05) is 27.8 Å². The van der Waals surface area contributed by atoms with Crippen molar-refractivity contribution in [3.8, 4) is 5.75 Å². The van der Waals surface area contributed by atoms with Gasteiger partial charge in [-0.2, -0.15) is 0 Å². The van der Waals surface area contributed by atoms with Crippen LogP contribution in [0.3, 0.4) is 0 Å². The van der Waals surface area contributed by atoms with Crippen molar-refractivity contribution >= 4 is 28.0 Å². The fourth-order valence-electron chi connectivity index (χ4n) is 3.38. The van der Waals surface area contributed by atoms with Crippen molar-refractivity contribution in [2.24, 2.45) is 10.7 Å². The maximum Gasteiger partial charge on any atom is 0.408 e. The van der Waals surface area contributed by atoms with E-state index in [0.29, 0.717) is 28.9 Å². The number of alkyl carbamates (subject to hydrolysis) is 1. The largest absolute Gasteiger partial charge is 0.496 e. The zero-order valence-corrected chi connectivity index (χ0v) is 23.3. The molecule has 1 aromatic carbocycles. The normalized spacial score (nSPS) is 13.1. The molecule has 0 aliphatic carbocycles. The lowest BCUT2D eigenvalue weighted by Gasteiger charge is -2.25. The molecule has 0 aliphatic heterocycles. The molecule has 12 nitrogen and oxygen atoms in total. The Labute approximate surface area is 213 Å². The number of ether oxygens (including phenoxy) is 2. The average molecular weight is 530 g/mol. The van der Waals surface area contributed by atoms with Gasteiger partial charge in [0.25, 0.3) is 15.9 Å². The van der Waals surface area contributed by atoms with Crippen LogP contribution in [-0.2, 0) is 24.4 Å². The molecule has 0 aliphatic rings. The van der Waals surface area contributed by atoms with Gasteiger partial charge in [-0.3, -0.25) is 14.6 Å². The molecule has 13 heteroatoms. The maximum absolute atomic E-state index is 13.0. The third-order valence-electron chi connectivity index (χ3n) is 5.21. The second-order valence-electron chi connectivity index (χ2n) is 9.21.